The molecule has 1 N–H and O–H groups in total. The molecule has 0 unspecified atom stereocenters. The second-order valence-corrected chi connectivity index (χ2v) is 7.47. The van der Waals surface area contributed by atoms with Crippen LogP contribution in [0.5, 0.6) is 0 Å². The fourth-order valence-electron chi connectivity index (χ4n) is 3.71. The molecule has 1 saturated carbocycles. The zero-order chi connectivity index (χ0) is 15.7. The maximum absolute atomic E-state index is 13.9. The van der Waals surface area contributed by atoms with E-state index in [0.29, 0.717) is 17.6 Å². The second-order valence-electron chi connectivity index (χ2n) is 6.12. The first kappa shape index (κ1) is 15.5. The highest BCUT2D eigenvalue weighted by molar-refractivity contribution is 7.84. The molecule has 1 aromatic carbocycles. The molecule has 4 nitrogen and oxygen atoms in total. The molecule has 0 bridgehead atoms. The van der Waals surface area contributed by atoms with Gasteiger partial charge in [0.25, 0.3) is 0 Å². The van der Waals surface area contributed by atoms with E-state index in [-0.39, 0.29) is 10.9 Å². The average Bonchev–Trinajstić information content (AvgIpc) is 2.95. The van der Waals surface area contributed by atoms with Gasteiger partial charge >= 0.3 is 6.03 Å². The van der Waals surface area contributed by atoms with E-state index in [0.717, 1.165) is 19.4 Å². The number of rotatable bonds is 2. The first-order valence-corrected chi connectivity index (χ1v) is 9.32. The number of hydrogen-bond acceptors (Lipinski definition) is 2. The number of amides is 2. The van der Waals surface area contributed by atoms with Crippen LogP contribution in [0, 0.1) is 11.7 Å². The zero-order valence-electron chi connectivity index (χ0n) is 12.7. The molecular formula is C16H21FN2O2S. The highest BCUT2D eigenvalue weighted by atomic mass is 32.2. The SMILES string of the molecule is C[S@](=O)c1ccc(NC(=O)N2CCC[C@@H]3CCC[C@H]32)cc1F. The first-order valence-electron chi connectivity index (χ1n) is 7.77. The zero-order valence-corrected chi connectivity index (χ0v) is 13.5. The monoisotopic (exact) mass is 324 g/mol. The van der Waals surface area contributed by atoms with Crippen LogP contribution in [-0.4, -0.2) is 34.0 Å². The molecule has 1 aliphatic heterocycles. The molecule has 2 fully saturated rings. The van der Waals surface area contributed by atoms with Gasteiger partial charge in [-0.25, -0.2) is 9.18 Å². The van der Waals surface area contributed by atoms with Crippen LogP contribution in [0.1, 0.15) is 32.1 Å². The molecule has 1 aliphatic carbocycles. The number of urea groups is 1. The molecule has 0 aromatic heterocycles. The van der Waals surface area contributed by atoms with Crippen molar-refractivity contribution < 1.29 is 13.4 Å². The van der Waals surface area contributed by atoms with Crippen molar-refractivity contribution in [1.82, 2.24) is 4.90 Å². The molecule has 6 heteroatoms. The van der Waals surface area contributed by atoms with Crippen molar-refractivity contribution in [1.29, 1.82) is 0 Å². The van der Waals surface area contributed by atoms with E-state index in [1.165, 1.54) is 37.7 Å². The number of nitrogens with one attached hydrogen (secondary N) is 1. The lowest BCUT2D eigenvalue weighted by molar-refractivity contribution is 0.138. The number of hydrogen-bond donors (Lipinski definition) is 1. The summed E-state index contributed by atoms with van der Waals surface area (Å²) in [6.07, 6.45) is 7.15. The minimum Gasteiger partial charge on any atom is -0.321 e. The molecule has 22 heavy (non-hydrogen) atoms. The summed E-state index contributed by atoms with van der Waals surface area (Å²) in [6, 6.07) is 4.50. The molecule has 120 valence electrons. The smallest absolute Gasteiger partial charge is 0.321 e. The summed E-state index contributed by atoms with van der Waals surface area (Å²) in [4.78, 5) is 14.5. The third-order valence-corrected chi connectivity index (χ3v) is 5.70. The Balaban J connectivity index is 1.71. The van der Waals surface area contributed by atoms with Crippen molar-refractivity contribution in [3.05, 3.63) is 24.0 Å². The number of halogens is 1. The largest absolute Gasteiger partial charge is 0.322 e. The number of fused-ring (bicyclic) bond motifs is 1. The third-order valence-electron chi connectivity index (χ3n) is 4.75. The van der Waals surface area contributed by atoms with Crippen molar-refractivity contribution >= 4 is 22.5 Å². The fraction of sp³-hybridized carbons (Fsp3) is 0.562. The van der Waals surface area contributed by atoms with Gasteiger partial charge in [0, 0.05) is 24.5 Å². The molecule has 1 aromatic rings. The highest BCUT2D eigenvalue weighted by Crippen LogP contribution is 2.37. The van der Waals surface area contributed by atoms with Gasteiger partial charge in [0.15, 0.2) is 0 Å². The first-order chi connectivity index (χ1) is 10.6. The molecule has 2 aliphatic rings. The summed E-state index contributed by atoms with van der Waals surface area (Å²) in [6.45, 7) is 0.770. The average molecular weight is 324 g/mol. The standard InChI is InChI=1S/C16H21FN2O2S/c1-22(21)15-8-7-12(10-13(15)17)18-16(20)19-9-3-5-11-4-2-6-14(11)19/h7-8,10-11,14H,2-6,9H2,1H3,(H,18,20)/t11-,14+,22-/m0/s1. The Bertz CT molecular complexity index is 608. The van der Waals surface area contributed by atoms with Crippen LogP contribution in [-0.2, 0) is 10.8 Å². The quantitative estimate of drug-likeness (QED) is 0.907. The Labute approximate surface area is 132 Å². The number of anilines is 1. The summed E-state index contributed by atoms with van der Waals surface area (Å²) in [5, 5.41) is 2.78. The van der Waals surface area contributed by atoms with Crippen LogP contribution >= 0.6 is 0 Å². The summed E-state index contributed by atoms with van der Waals surface area (Å²) >= 11 is 0. The summed E-state index contributed by atoms with van der Waals surface area (Å²) in [5.41, 5.74) is 0.414. The van der Waals surface area contributed by atoms with Gasteiger partial charge in [0.2, 0.25) is 0 Å². The van der Waals surface area contributed by atoms with Crippen molar-refractivity contribution in [2.45, 2.75) is 43.0 Å². The van der Waals surface area contributed by atoms with Crippen LogP contribution in [0.25, 0.3) is 0 Å². The Morgan fingerprint density at radius 2 is 2.09 bits per heavy atom. The van der Waals surface area contributed by atoms with Crippen LogP contribution in [0.3, 0.4) is 0 Å². The number of carbonyl (C=O) groups is 1. The van der Waals surface area contributed by atoms with E-state index in [4.69, 9.17) is 0 Å². The number of likely N-dealkylation sites (tertiary alicyclic amines) is 1. The predicted molar refractivity (Wildman–Crippen MR) is 84.8 cm³/mol. The molecule has 3 atom stereocenters. The lowest BCUT2D eigenvalue weighted by Gasteiger charge is -2.37. The maximum Gasteiger partial charge on any atom is 0.322 e. The van der Waals surface area contributed by atoms with E-state index in [1.807, 2.05) is 4.90 Å². The van der Waals surface area contributed by atoms with E-state index >= 15 is 0 Å². The molecule has 1 heterocycles. The molecular weight excluding hydrogens is 303 g/mol. The van der Waals surface area contributed by atoms with Crippen LogP contribution in [0.15, 0.2) is 23.1 Å². The number of benzene rings is 1. The molecule has 2 amide bonds. The van der Waals surface area contributed by atoms with Gasteiger partial charge in [-0.05, 0) is 49.8 Å². The normalized spacial score (nSPS) is 25.6. The van der Waals surface area contributed by atoms with E-state index in [1.54, 1.807) is 6.07 Å². The lowest BCUT2D eigenvalue weighted by atomic mass is 9.92. The van der Waals surface area contributed by atoms with Gasteiger partial charge in [-0.2, -0.15) is 0 Å². The molecule has 0 spiro atoms. The van der Waals surface area contributed by atoms with Crippen molar-refractivity contribution in [3.63, 3.8) is 0 Å². The van der Waals surface area contributed by atoms with Crippen molar-refractivity contribution in [2.24, 2.45) is 5.92 Å². The van der Waals surface area contributed by atoms with Crippen LogP contribution in [0.4, 0.5) is 14.9 Å². The van der Waals surface area contributed by atoms with E-state index < -0.39 is 16.6 Å². The number of nitrogens with zero attached hydrogens (tertiary/aromatic N) is 1. The van der Waals surface area contributed by atoms with Gasteiger partial charge < -0.3 is 10.2 Å². The minimum absolute atomic E-state index is 0.152. The Morgan fingerprint density at radius 3 is 2.82 bits per heavy atom. The summed E-state index contributed by atoms with van der Waals surface area (Å²) < 4.78 is 25.2. The van der Waals surface area contributed by atoms with E-state index in [2.05, 4.69) is 5.32 Å². The minimum atomic E-state index is -1.37. The van der Waals surface area contributed by atoms with Gasteiger partial charge in [-0.3, -0.25) is 4.21 Å². The van der Waals surface area contributed by atoms with Crippen LogP contribution in [0.2, 0.25) is 0 Å². The Morgan fingerprint density at radius 1 is 1.32 bits per heavy atom. The van der Waals surface area contributed by atoms with Gasteiger partial charge in [-0.15, -0.1) is 0 Å². The number of piperidine rings is 1. The Kier molecular flexibility index (Phi) is 4.47. The summed E-state index contributed by atoms with van der Waals surface area (Å²) in [7, 11) is -1.37. The van der Waals surface area contributed by atoms with Crippen molar-refractivity contribution in [2.75, 3.05) is 18.1 Å². The third kappa shape index (κ3) is 3.02. The van der Waals surface area contributed by atoms with Crippen LogP contribution < -0.4 is 5.32 Å². The Hall–Kier alpha value is -1.43. The van der Waals surface area contributed by atoms with Gasteiger partial charge in [0.05, 0.1) is 15.7 Å². The predicted octanol–water partition coefficient (Wildman–Crippen LogP) is 3.36. The topological polar surface area (TPSA) is 49.4 Å². The second kappa shape index (κ2) is 6.36. The lowest BCUT2D eigenvalue weighted by Crippen LogP contribution is -2.48. The fourth-order valence-corrected chi connectivity index (χ4v) is 4.31. The molecule has 1 saturated heterocycles. The van der Waals surface area contributed by atoms with Crippen molar-refractivity contribution in [3.8, 4) is 0 Å². The molecule has 0 radical (unpaired) electrons. The summed E-state index contributed by atoms with van der Waals surface area (Å²) in [5.74, 6) is 0.0807. The molecule has 3 rings (SSSR count). The van der Waals surface area contributed by atoms with E-state index in [9.17, 15) is 13.4 Å². The number of carbonyl (C=O) groups excluding carboxylic acids is 1. The van der Waals surface area contributed by atoms with Gasteiger partial charge in [-0.1, -0.05) is 6.42 Å². The maximum atomic E-state index is 13.9. The van der Waals surface area contributed by atoms with Gasteiger partial charge in [0.1, 0.15) is 5.82 Å². The highest BCUT2D eigenvalue weighted by Gasteiger charge is 2.37.